The number of ether oxygens (including phenoxy) is 1. The molecule has 1 amide bonds. The molecule has 0 spiro atoms. The van der Waals surface area contributed by atoms with Gasteiger partial charge in [0.2, 0.25) is 0 Å². The number of amides is 1. The highest BCUT2D eigenvalue weighted by Crippen LogP contribution is 2.27. The zero-order valence-electron chi connectivity index (χ0n) is 12.4. The smallest absolute Gasteiger partial charge is 0.289 e. The predicted molar refractivity (Wildman–Crippen MR) is 88.1 cm³/mol. The van der Waals surface area contributed by atoms with Crippen LogP contribution < -0.4 is 10.1 Å². The molecule has 6 nitrogen and oxygen atoms in total. The van der Waals surface area contributed by atoms with Crippen LogP contribution in [0.1, 0.15) is 12.5 Å². The highest BCUT2D eigenvalue weighted by atomic mass is 35.5. The SMILES string of the molecule is CCc1cccc(OCC(=O)Nc2ccc(Cl)c([N+](=O)[O-])c2)c1. The predicted octanol–water partition coefficient (Wildman–Crippen LogP) is 3.83. The molecule has 2 rings (SSSR count). The van der Waals surface area contributed by atoms with E-state index in [2.05, 4.69) is 5.32 Å². The molecule has 0 aliphatic carbocycles. The molecular weight excluding hydrogens is 320 g/mol. The van der Waals surface area contributed by atoms with Crippen LogP contribution in [0.5, 0.6) is 5.75 Å². The van der Waals surface area contributed by atoms with Gasteiger partial charge in [0, 0.05) is 11.8 Å². The van der Waals surface area contributed by atoms with Crippen molar-refractivity contribution in [2.75, 3.05) is 11.9 Å². The van der Waals surface area contributed by atoms with Crippen LogP contribution in [0.4, 0.5) is 11.4 Å². The van der Waals surface area contributed by atoms with Crippen molar-refractivity contribution in [2.45, 2.75) is 13.3 Å². The van der Waals surface area contributed by atoms with Crippen LogP contribution in [0, 0.1) is 10.1 Å². The molecule has 0 aliphatic heterocycles. The highest BCUT2D eigenvalue weighted by molar-refractivity contribution is 6.32. The van der Waals surface area contributed by atoms with Gasteiger partial charge in [0.15, 0.2) is 6.61 Å². The Hall–Kier alpha value is -2.60. The minimum absolute atomic E-state index is 0.0145. The molecule has 0 radical (unpaired) electrons. The van der Waals surface area contributed by atoms with Gasteiger partial charge in [0.25, 0.3) is 11.6 Å². The van der Waals surface area contributed by atoms with E-state index in [-0.39, 0.29) is 23.0 Å². The number of carbonyl (C=O) groups excluding carboxylic acids is 1. The third-order valence-corrected chi connectivity index (χ3v) is 3.42. The first-order valence-corrected chi connectivity index (χ1v) is 7.33. The molecule has 0 saturated heterocycles. The van der Waals surface area contributed by atoms with E-state index in [0.717, 1.165) is 12.0 Å². The fourth-order valence-electron chi connectivity index (χ4n) is 1.93. The summed E-state index contributed by atoms with van der Waals surface area (Å²) < 4.78 is 5.41. The fraction of sp³-hybridized carbons (Fsp3) is 0.188. The molecule has 0 bridgehead atoms. The zero-order valence-corrected chi connectivity index (χ0v) is 13.2. The third-order valence-electron chi connectivity index (χ3n) is 3.10. The Balaban J connectivity index is 1.97. The number of halogens is 1. The number of hydrogen-bond donors (Lipinski definition) is 1. The minimum atomic E-state index is -0.606. The lowest BCUT2D eigenvalue weighted by atomic mass is 10.2. The average Bonchev–Trinajstić information content (AvgIpc) is 2.54. The van der Waals surface area contributed by atoms with Crippen molar-refractivity contribution < 1.29 is 14.5 Å². The molecule has 23 heavy (non-hydrogen) atoms. The normalized spacial score (nSPS) is 10.2. The van der Waals surface area contributed by atoms with E-state index < -0.39 is 10.8 Å². The first-order chi connectivity index (χ1) is 11.0. The molecule has 0 saturated carbocycles. The Morgan fingerprint density at radius 1 is 1.30 bits per heavy atom. The number of benzene rings is 2. The van der Waals surface area contributed by atoms with Gasteiger partial charge in [-0.2, -0.15) is 0 Å². The maximum absolute atomic E-state index is 11.9. The molecular formula is C16H15ClN2O4. The van der Waals surface area contributed by atoms with Crippen LogP contribution in [0.2, 0.25) is 5.02 Å². The van der Waals surface area contributed by atoms with Crippen molar-refractivity contribution in [3.63, 3.8) is 0 Å². The van der Waals surface area contributed by atoms with Gasteiger partial charge in [-0.3, -0.25) is 14.9 Å². The summed E-state index contributed by atoms with van der Waals surface area (Å²) in [6.07, 6.45) is 0.873. The minimum Gasteiger partial charge on any atom is -0.484 e. The first-order valence-electron chi connectivity index (χ1n) is 6.95. The summed E-state index contributed by atoms with van der Waals surface area (Å²) in [5, 5.41) is 13.4. The van der Waals surface area contributed by atoms with Gasteiger partial charge in [-0.05, 0) is 36.2 Å². The van der Waals surface area contributed by atoms with E-state index >= 15 is 0 Å². The van der Waals surface area contributed by atoms with E-state index in [9.17, 15) is 14.9 Å². The quantitative estimate of drug-likeness (QED) is 0.643. The molecule has 0 aromatic heterocycles. The Kier molecular flexibility index (Phi) is 5.54. The lowest BCUT2D eigenvalue weighted by molar-refractivity contribution is -0.384. The standard InChI is InChI=1S/C16H15ClN2O4/c1-2-11-4-3-5-13(8-11)23-10-16(20)18-12-6-7-14(17)15(9-12)19(21)22/h3-9H,2,10H2,1H3,(H,18,20). The van der Waals surface area contributed by atoms with Crippen molar-refractivity contribution >= 4 is 28.9 Å². The van der Waals surface area contributed by atoms with Crippen molar-refractivity contribution in [3.05, 3.63) is 63.2 Å². The summed E-state index contributed by atoms with van der Waals surface area (Å²) >= 11 is 5.72. The van der Waals surface area contributed by atoms with Crippen molar-refractivity contribution in [1.29, 1.82) is 0 Å². The topological polar surface area (TPSA) is 81.5 Å². The highest BCUT2D eigenvalue weighted by Gasteiger charge is 2.14. The molecule has 2 aromatic rings. The number of hydrogen-bond acceptors (Lipinski definition) is 4. The molecule has 0 heterocycles. The van der Waals surface area contributed by atoms with Crippen LogP contribution in [-0.2, 0) is 11.2 Å². The summed E-state index contributed by atoms with van der Waals surface area (Å²) in [5.74, 6) is 0.185. The summed E-state index contributed by atoms with van der Waals surface area (Å²) in [6.45, 7) is 1.84. The van der Waals surface area contributed by atoms with E-state index in [0.29, 0.717) is 5.75 Å². The second kappa shape index (κ2) is 7.60. The molecule has 1 N–H and O–H groups in total. The number of anilines is 1. The number of nitro benzene ring substituents is 1. The summed E-state index contributed by atoms with van der Waals surface area (Å²) in [7, 11) is 0. The molecule has 0 unspecified atom stereocenters. The van der Waals surface area contributed by atoms with Crippen LogP contribution in [-0.4, -0.2) is 17.4 Å². The molecule has 0 aliphatic rings. The number of carbonyl (C=O) groups is 1. The van der Waals surface area contributed by atoms with Crippen molar-refractivity contribution in [1.82, 2.24) is 0 Å². The first kappa shape index (κ1) is 16.8. The molecule has 7 heteroatoms. The Labute approximate surface area is 138 Å². The lowest BCUT2D eigenvalue weighted by Gasteiger charge is -2.08. The molecule has 120 valence electrons. The average molecular weight is 335 g/mol. The van der Waals surface area contributed by atoms with E-state index in [1.807, 2.05) is 25.1 Å². The molecule has 0 atom stereocenters. The number of rotatable bonds is 6. The monoisotopic (exact) mass is 334 g/mol. The van der Waals surface area contributed by atoms with E-state index in [1.165, 1.54) is 18.2 Å². The third kappa shape index (κ3) is 4.69. The molecule has 0 fully saturated rings. The zero-order chi connectivity index (χ0) is 16.8. The van der Waals surface area contributed by atoms with Gasteiger partial charge in [0.1, 0.15) is 10.8 Å². The van der Waals surface area contributed by atoms with Gasteiger partial charge in [-0.25, -0.2) is 0 Å². The van der Waals surface area contributed by atoms with Gasteiger partial charge in [0.05, 0.1) is 4.92 Å². The fourth-order valence-corrected chi connectivity index (χ4v) is 2.12. The Morgan fingerprint density at radius 2 is 2.09 bits per heavy atom. The number of nitrogens with zero attached hydrogens (tertiary/aromatic N) is 1. The van der Waals surface area contributed by atoms with Crippen molar-refractivity contribution in [2.24, 2.45) is 0 Å². The second-order valence-electron chi connectivity index (χ2n) is 4.76. The maximum Gasteiger partial charge on any atom is 0.289 e. The summed E-state index contributed by atoms with van der Waals surface area (Å²) in [6, 6.07) is 11.5. The lowest BCUT2D eigenvalue weighted by Crippen LogP contribution is -2.20. The number of nitrogens with one attached hydrogen (secondary N) is 1. The van der Waals surface area contributed by atoms with Gasteiger partial charge >= 0.3 is 0 Å². The summed E-state index contributed by atoms with van der Waals surface area (Å²) in [4.78, 5) is 22.1. The van der Waals surface area contributed by atoms with Gasteiger partial charge in [-0.15, -0.1) is 0 Å². The second-order valence-corrected chi connectivity index (χ2v) is 5.17. The van der Waals surface area contributed by atoms with Crippen LogP contribution in [0.3, 0.4) is 0 Å². The van der Waals surface area contributed by atoms with Crippen LogP contribution in [0.15, 0.2) is 42.5 Å². The Morgan fingerprint density at radius 3 is 2.78 bits per heavy atom. The van der Waals surface area contributed by atoms with E-state index in [1.54, 1.807) is 6.07 Å². The van der Waals surface area contributed by atoms with E-state index in [4.69, 9.17) is 16.3 Å². The maximum atomic E-state index is 11.9. The largest absolute Gasteiger partial charge is 0.484 e. The van der Waals surface area contributed by atoms with Crippen molar-refractivity contribution in [3.8, 4) is 5.75 Å². The number of nitro groups is 1. The van der Waals surface area contributed by atoms with Crippen LogP contribution >= 0.6 is 11.6 Å². The van der Waals surface area contributed by atoms with Gasteiger partial charge < -0.3 is 10.1 Å². The Bertz CT molecular complexity index is 734. The van der Waals surface area contributed by atoms with Gasteiger partial charge in [-0.1, -0.05) is 30.7 Å². The summed E-state index contributed by atoms with van der Waals surface area (Å²) in [5.41, 5.74) is 1.13. The van der Waals surface area contributed by atoms with Crippen LogP contribution in [0.25, 0.3) is 0 Å². The molecule has 2 aromatic carbocycles. The number of aryl methyl sites for hydroxylation is 1.